The number of hydroxylamine groups is 4. The Balaban J connectivity index is 2.31. The van der Waals surface area contributed by atoms with Gasteiger partial charge in [0.2, 0.25) is 0 Å². The second kappa shape index (κ2) is 12.5. The van der Waals surface area contributed by atoms with Crippen molar-refractivity contribution in [2.24, 2.45) is 11.8 Å². The summed E-state index contributed by atoms with van der Waals surface area (Å²) in [5.41, 5.74) is -0.253. The van der Waals surface area contributed by atoms with Gasteiger partial charge < -0.3 is 0 Å². The Bertz CT molecular complexity index is 686. The second-order valence-corrected chi connectivity index (χ2v) is 15.2. The van der Waals surface area contributed by atoms with E-state index in [2.05, 4.69) is 118 Å². The lowest BCUT2D eigenvalue weighted by Gasteiger charge is -2.47. The minimum Gasteiger partial charge on any atom is -0.291 e. The van der Waals surface area contributed by atoms with E-state index in [0.717, 1.165) is 12.8 Å². The molecule has 4 nitrogen and oxygen atoms in total. The summed E-state index contributed by atoms with van der Waals surface area (Å²) in [7, 11) is 0. The van der Waals surface area contributed by atoms with Crippen molar-refractivity contribution >= 4 is 0 Å². The molecule has 0 unspecified atom stereocenters. The van der Waals surface area contributed by atoms with E-state index in [4.69, 9.17) is 9.68 Å². The summed E-state index contributed by atoms with van der Waals surface area (Å²) in [4.78, 5) is 13.7. The third-order valence-corrected chi connectivity index (χ3v) is 7.21. The smallest absolute Gasteiger partial charge is 0.101 e. The molecule has 0 amide bonds. The summed E-state index contributed by atoms with van der Waals surface area (Å²) in [6.07, 6.45) is 19.5. The highest BCUT2D eigenvalue weighted by Gasteiger charge is 2.38. The van der Waals surface area contributed by atoms with Gasteiger partial charge in [0.05, 0.1) is 6.10 Å². The molecule has 0 radical (unpaired) electrons. The third kappa shape index (κ3) is 9.57. The molecule has 0 aromatic rings. The van der Waals surface area contributed by atoms with Crippen molar-refractivity contribution < 1.29 is 9.68 Å². The lowest BCUT2D eigenvalue weighted by molar-refractivity contribution is -0.285. The lowest BCUT2D eigenvalue weighted by Crippen LogP contribution is -2.54. The van der Waals surface area contributed by atoms with Crippen molar-refractivity contribution in [2.45, 2.75) is 169 Å². The molecule has 0 aliphatic heterocycles. The predicted molar refractivity (Wildman–Crippen MR) is 155 cm³/mol. The average molecular weight is 505 g/mol. The SMILES string of the molecule is CC(C)(C)N(O[C@@H]1/C=C\[C@H]([C@H]2CCCC/C=C\[C@@H]2ON(C(C)(C)C)C(C)(C)C)CCCC1)C(C)(C)C. The van der Waals surface area contributed by atoms with Crippen LogP contribution in [-0.2, 0) is 9.68 Å². The molecule has 0 N–H and O–H groups in total. The Morgan fingerprint density at radius 3 is 1.61 bits per heavy atom. The molecule has 0 spiro atoms. The van der Waals surface area contributed by atoms with Crippen LogP contribution in [0.3, 0.4) is 0 Å². The van der Waals surface area contributed by atoms with Crippen LogP contribution in [-0.4, -0.2) is 44.5 Å². The van der Waals surface area contributed by atoms with Gasteiger partial charge >= 0.3 is 0 Å². The van der Waals surface area contributed by atoms with Gasteiger partial charge in [-0.1, -0.05) is 43.6 Å². The highest BCUT2D eigenvalue weighted by molar-refractivity contribution is 5.04. The monoisotopic (exact) mass is 504 g/mol. The van der Waals surface area contributed by atoms with Gasteiger partial charge in [-0.2, -0.15) is 10.1 Å². The normalized spacial score (nSPS) is 29.4. The van der Waals surface area contributed by atoms with Crippen LogP contribution in [0, 0.1) is 11.8 Å². The van der Waals surface area contributed by atoms with Crippen LogP contribution in [0.25, 0.3) is 0 Å². The van der Waals surface area contributed by atoms with Crippen LogP contribution in [0.4, 0.5) is 0 Å². The predicted octanol–water partition coefficient (Wildman–Crippen LogP) is 8.88. The Kier molecular flexibility index (Phi) is 10.9. The zero-order valence-electron chi connectivity index (χ0n) is 26.0. The summed E-state index contributed by atoms with van der Waals surface area (Å²) in [5, 5.41) is 4.45. The number of hydrogen-bond acceptors (Lipinski definition) is 4. The van der Waals surface area contributed by atoms with E-state index in [1.165, 1.54) is 38.5 Å². The molecule has 0 saturated heterocycles. The van der Waals surface area contributed by atoms with Crippen molar-refractivity contribution in [3.8, 4) is 0 Å². The van der Waals surface area contributed by atoms with Gasteiger partial charge in [0.25, 0.3) is 0 Å². The molecule has 210 valence electrons. The zero-order chi connectivity index (χ0) is 27.4. The van der Waals surface area contributed by atoms with E-state index in [0.29, 0.717) is 11.8 Å². The van der Waals surface area contributed by atoms with Crippen LogP contribution in [0.5, 0.6) is 0 Å². The van der Waals surface area contributed by atoms with Gasteiger partial charge in [-0.15, -0.1) is 0 Å². The van der Waals surface area contributed by atoms with Gasteiger partial charge in [-0.3, -0.25) is 9.68 Å². The van der Waals surface area contributed by atoms with Crippen LogP contribution >= 0.6 is 0 Å². The van der Waals surface area contributed by atoms with Crippen LogP contribution in [0.15, 0.2) is 24.3 Å². The molecule has 4 atom stereocenters. The van der Waals surface area contributed by atoms with Gasteiger partial charge in [0.15, 0.2) is 0 Å². The fourth-order valence-corrected chi connectivity index (χ4v) is 6.28. The van der Waals surface area contributed by atoms with E-state index < -0.39 is 0 Å². The van der Waals surface area contributed by atoms with E-state index in [1.807, 2.05) is 0 Å². The molecule has 2 aliphatic rings. The summed E-state index contributed by atoms with van der Waals surface area (Å²) < 4.78 is 0. The molecule has 0 heterocycles. The highest BCUT2D eigenvalue weighted by Crippen LogP contribution is 2.37. The standard InChI is InChI=1S/C32H60N2O2/c1-29(2,3)33(30(4,5)6)35-26-20-18-17-19-25(23-24-26)27-21-15-13-14-16-22-28(27)36-34(31(7,8)9)32(10,11)12/h16,22-28H,13-15,17-21H2,1-12H3/b22-16-,24-23-/t25-,26+,27-,28+/m1/s1. The number of rotatable bonds is 5. The first-order valence-corrected chi connectivity index (χ1v) is 14.7. The largest absolute Gasteiger partial charge is 0.291 e. The quantitative estimate of drug-likeness (QED) is 0.276. The van der Waals surface area contributed by atoms with E-state index in [-0.39, 0.29) is 34.4 Å². The summed E-state index contributed by atoms with van der Waals surface area (Å²) in [5.74, 6) is 0.980. The molecule has 0 fully saturated rings. The average Bonchev–Trinajstić information content (AvgIpc) is 2.64. The van der Waals surface area contributed by atoms with Gasteiger partial charge in [-0.25, -0.2) is 0 Å². The van der Waals surface area contributed by atoms with Crippen LogP contribution < -0.4 is 0 Å². The fourth-order valence-electron chi connectivity index (χ4n) is 6.28. The first-order chi connectivity index (χ1) is 16.4. The Hall–Kier alpha value is -0.680. The molecule has 36 heavy (non-hydrogen) atoms. The van der Waals surface area contributed by atoms with Crippen molar-refractivity contribution in [2.75, 3.05) is 0 Å². The topological polar surface area (TPSA) is 24.9 Å². The van der Waals surface area contributed by atoms with Crippen molar-refractivity contribution in [1.82, 2.24) is 10.1 Å². The number of allylic oxidation sites excluding steroid dienone is 2. The molecule has 0 aromatic carbocycles. The molecule has 0 saturated carbocycles. The summed E-state index contributed by atoms with van der Waals surface area (Å²) >= 11 is 0. The Morgan fingerprint density at radius 1 is 0.556 bits per heavy atom. The van der Waals surface area contributed by atoms with Crippen LogP contribution in [0.2, 0.25) is 0 Å². The van der Waals surface area contributed by atoms with Crippen molar-refractivity contribution in [3.05, 3.63) is 24.3 Å². The summed E-state index contributed by atoms with van der Waals surface area (Å²) in [6, 6.07) is 0. The first kappa shape index (κ1) is 31.5. The van der Waals surface area contributed by atoms with Gasteiger partial charge in [-0.05, 0) is 127 Å². The molecule has 2 rings (SSSR count). The first-order valence-electron chi connectivity index (χ1n) is 14.7. The van der Waals surface area contributed by atoms with Crippen LogP contribution in [0.1, 0.15) is 134 Å². The maximum Gasteiger partial charge on any atom is 0.101 e. The van der Waals surface area contributed by atoms with E-state index >= 15 is 0 Å². The summed E-state index contributed by atoms with van der Waals surface area (Å²) in [6.45, 7) is 27.0. The van der Waals surface area contributed by atoms with Gasteiger partial charge in [0, 0.05) is 22.2 Å². The maximum absolute atomic E-state index is 6.95. The molecule has 0 aromatic heterocycles. The molecule has 0 bridgehead atoms. The van der Waals surface area contributed by atoms with E-state index in [1.54, 1.807) is 0 Å². The number of nitrogens with zero attached hydrogens (tertiary/aromatic N) is 2. The highest BCUT2D eigenvalue weighted by atomic mass is 16.7. The third-order valence-electron chi connectivity index (χ3n) is 7.21. The van der Waals surface area contributed by atoms with Gasteiger partial charge in [0.1, 0.15) is 6.10 Å². The minimum atomic E-state index is -0.0713. The molecule has 2 aliphatic carbocycles. The molecule has 4 heteroatoms. The Labute approximate surface area is 224 Å². The Morgan fingerprint density at radius 2 is 1.06 bits per heavy atom. The lowest BCUT2D eigenvalue weighted by atomic mass is 9.78. The number of hydrogen-bond donors (Lipinski definition) is 0. The minimum absolute atomic E-state index is 0.0551. The maximum atomic E-state index is 6.95. The molecular weight excluding hydrogens is 444 g/mol. The van der Waals surface area contributed by atoms with E-state index in [9.17, 15) is 0 Å². The zero-order valence-corrected chi connectivity index (χ0v) is 26.0. The second-order valence-electron chi connectivity index (χ2n) is 15.2. The van der Waals surface area contributed by atoms with Crippen molar-refractivity contribution in [3.63, 3.8) is 0 Å². The fraction of sp³-hybridized carbons (Fsp3) is 0.875. The van der Waals surface area contributed by atoms with Crippen molar-refractivity contribution in [1.29, 1.82) is 0 Å². The molecular formula is C32H60N2O2.